The summed E-state index contributed by atoms with van der Waals surface area (Å²) in [5.74, 6) is -0.741. The molecule has 2 saturated heterocycles. The fraction of sp³-hybridized carbons (Fsp3) is 0.786. The molecule has 0 saturated carbocycles. The van der Waals surface area contributed by atoms with Gasteiger partial charge in [-0.3, -0.25) is 4.79 Å². The molecule has 3 rings (SSSR count). The van der Waals surface area contributed by atoms with Gasteiger partial charge in [0.15, 0.2) is 23.5 Å². The number of methoxy groups -OCH3 is 1. The standard InChI is InChI=1S/C14H22O5Si/c1-13(2)17-10-11(18-13)14(19-12(10)16-3)8(15)7-9(14)20(4,5)6/h7,10-12H,1-6H3/t10?,11-,12-,14+/m1/s1. The lowest BCUT2D eigenvalue weighted by atomic mass is 9.81. The first kappa shape index (κ1) is 14.4. The number of ketones is 1. The molecule has 2 heterocycles. The van der Waals surface area contributed by atoms with Crippen LogP contribution in [0.1, 0.15) is 13.8 Å². The van der Waals surface area contributed by atoms with Gasteiger partial charge in [-0.2, -0.15) is 0 Å². The summed E-state index contributed by atoms with van der Waals surface area (Å²) in [6, 6.07) is 0. The predicted molar refractivity (Wildman–Crippen MR) is 74.9 cm³/mol. The van der Waals surface area contributed by atoms with Crippen LogP contribution in [-0.4, -0.2) is 50.9 Å². The van der Waals surface area contributed by atoms with Crippen molar-refractivity contribution in [1.82, 2.24) is 0 Å². The zero-order valence-electron chi connectivity index (χ0n) is 12.9. The minimum absolute atomic E-state index is 0.0224. The molecule has 1 spiro atoms. The Bertz CT molecular complexity index is 492. The van der Waals surface area contributed by atoms with Crippen molar-refractivity contribution in [2.45, 2.75) is 63.4 Å². The van der Waals surface area contributed by atoms with Crippen molar-refractivity contribution in [1.29, 1.82) is 0 Å². The summed E-state index contributed by atoms with van der Waals surface area (Å²) in [5.41, 5.74) is -0.983. The summed E-state index contributed by atoms with van der Waals surface area (Å²) < 4.78 is 23.2. The second kappa shape index (κ2) is 4.01. The fourth-order valence-corrected chi connectivity index (χ4v) is 5.39. The molecular weight excluding hydrogens is 276 g/mol. The maximum atomic E-state index is 12.4. The highest BCUT2D eigenvalue weighted by Gasteiger charge is 2.71. The fourth-order valence-electron chi connectivity index (χ4n) is 3.39. The molecule has 20 heavy (non-hydrogen) atoms. The number of rotatable bonds is 2. The average Bonchev–Trinajstić information content (AvgIpc) is 2.76. The molecule has 0 radical (unpaired) electrons. The van der Waals surface area contributed by atoms with E-state index in [-0.39, 0.29) is 11.9 Å². The van der Waals surface area contributed by atoms with Crippen LogP contribution in [0, 0.1) is 0 Å². The van der Waals surface area contributed by atoms with E-state index in [2.05, 4.69) is 19.6 Å². The van der Waals surface area contributed by atoms with Crippen molar-refractivity contribution < 1.29 is 23.7 Å². The van der Waals surface area contributed by atoms with Crippen molar-refractivity contribution in [3.05, 3.63) is 11.3 Å². The van der Waals surface area contributed by atoms with Crippen LogP contribution < -0.4 is 0 Å². The van der Waals surface area contributed by atoms with Gasteiger partial charge in [0.05, 0.1) is 8.07 Å². The van der Waals surface area contributed by atoms with Crippen LogP contribution in [-0.2, 0) is 23.7 Å². The summed E-state index contributed by atoms with van der Waals surface area (Å²) in [6.45, 7) is 10.3. The lowest BCUT2D eigenvalue weighted by Crippen LogP contribution is -2.61. The first-order chi connectivity index (χ1) is 9.12. The monoisotopic (exact) mass is 298 g/mol. The van der Waals surface area contributed by atoms with Gasteiger partial charge in [-0.15, -0.1) is 0 Å². The highest BCUT2D eigenvalue weighted by atomic mass is 28.3. The molecule has 0 aromatic heterocycles. The smallest absolute Gasteiger partial charge is 0.193 e. The maximum Gasteiger partial charge on any atom is 0.193 e. The molecule has 2 aliphatic heterocycles. The third kappa shape index (κ3) is 1.72. The molecule has 0 bridgehead atoms. The number of fused-ring (bicyclic) bond motifs is 2. The Kier molecular flexibility index (Phi) is 2.89. The number of hydrogen-bond acceptors (Lipinski definition) is 5. The van der Waals surface area contributed by atoms with Crippen LogP contribution in [0.2, 0.25) is 19.6 Å². The number of ether oxygens (including phenoxy) is 4. The van der Waals surface area contributed by atoms with Crippen LogP contribution in [0.5, 0.6) is 0 Å². The molecule has 1 aliphatic carbocycles. The van der Waals surface area contributed by atoms with Crippen LogP contribution in [0.4, 0.5) is 0 Å². The number of carbonyl (C=O) groups is 1. The Morgan fingerprint density at radius 2 is 1.85 bits per heavy atom. The van der Waals surface area contributed by atoms with E-state index in [1.807, 2.05) is 13.8 Å². The Labute approximate surface area is 120 Å². The van der Waals surface area contributed by atoms with Gasteiger partial charge >= 0.3 is 0 Å². The SMILES string of the molecule is CO[C@@H]1O[C@]2(C(=O)C=C2[Si](C)(C)C)[C@@H]2OC(C)(C)OC12. The van der Waals surface area contributed by atoms with E-state index in [0.717, 1.165) is 5.20 Å². The quantitative estimate of drug-likeness (QED) is 0.725. The predicted octanol–water partition coefficient (Wildman–Crippen LogP) is 1.63. The lowest BCUT2D eigenvalue weighted by Gasteiger charge is -2.45. The Morgan fingerprint density at radius 1 is 1.20 bits per heavy atom. The molecule has 0 amide bonds. The van der Waals surface area contributed by atoms with Crippen LogP contribution >= 0.6 is 0 Å². The molecular formula is C14H22O5Si. The molecule has 2 fully saturated rings. The topological polar surface area (TPSA) is 54.0 Å². The van der Waals surface area contributed by atoms with Gasteiger partial charge in [0.25, 0.3) is 0 Å². The van der Waals surface area contributed by atoms with E-state index >= 15 is 0 Å². The zero-order chi connectivity index (χ0) is 14.9. The van der Waals surface area contributed by atoms with Crippen LogP contribution in [0.25, 0.3) is 0 Å². The highest BCUT2D eigenvalue weighted by Crippen LogP contribution is 2.53. The highest BCUT2D eigenvalue weighted by molar-refractivity contribution is 6.85. The second-order valence-corrected chi connectivity index (χ2v) is 12.2. The normalized spacial score (nSPS) is 42.6. The van der Waals surface area contributed by atoms with Crippen molar-refractivity contribution in [3.63, 3.8) is 0 Å². The van der Waals surface area contributed by atoms with Crippen molar-refractivity contribution >= 4 is 13.9 Å². The molecule has 0 N–H and O–H groups in total. The minimum Gasteiger partial charge on any atom is -0.353 e. The van der Waals surface area contributed by atoms with E-state index in [4.69, 9.17) is 18.9 Å². The second-order valence-electron chi connectivity index (χ2n) is 7.15. The minimum atomic E-state index is -1.68. The first-order valence-electron chi connectivity index (χ1n) is 6.95. The third-order valence-corrected chi connectivity index (χ3v) is 6.31. The van der Waals surface area contributed by atoms with E-state index in [0.29, 0.717) is 0 Å². The molecule has 112 valence electrons. The average molecular weight is 298 g/mol. The van der Waals surface area contributed by atoms with E-state index in [1.54, 1.807) is 13.2 Å². The van der Waals surface area contributed by atoms with Gasteiger partial charge in [-0.05, 0) is 25.1 Å². The molecule has 0 aromatic carbocycles. The van der Waals surface area contributed by atoms with E-state index < -0.39 is 31.9 Å². The maximum absolute atomic E-state index is 12.4. The summed E-state index contributed by atoms with van der Waals surface area (Å²) in [6.07, 6.45) is 0.377. The van der Waals surface area contributed by atoms with Crippen LogP contribution in [0.15, 0.2) is 11.3 Å². The number of carbonyl (C=O) groups excluding carboxylic acids is 1. The van der Waals surface area contributed by atoms with E-state index in [1.165, 1.54) is 0 Å². The van der Waals surface area contributed by atoms with E-state index in [9.17, 15) is 4.79 Å². The summed E-state index contributed by atoms with van der Waals surface area (Å²) in [5, 5.41) is 1.09. The van der Waals surface area contributed by atoms with Gasteiger partial charge in [0.2, 0.25) is 0 Å². The molecule has 3 aliphatic rings. The number of hydrogen-bond donors (Lipinski definition) is 0. The largest absolute Gasteiger partial charge is 0.353 e. The van der Waals surface area contributed by atoms with Crippen molar-refractivity contribution in [2.75, 3.05) is 7.11 Å². The first-order valence-corrected chi connectivity index (χ1v) is 10.5. The third-order valence-electron chi connectivity index (χ3n) is 4.18. The Morgan fingerprint density at radius 3 is 2.35 bits per heavy atom. The molecule has 0 aromatic rings. The summed E-state index contributed by atoms with van der Waals surface area (Å²) >= 11 is 0. The lowest BCUT2D eigenvalue weighted by molar-refractivity contribution is -0.240. The van der Waals surface area contributed by atoms with Crippen LogP contribution in [0.3, 0.4) is 0 Å². The van der Waals surface area contributed by atoms with Gasteiger partial charge < -0.3 is 18.9 Å². The van der Waals surface area contributed by atoms with Gasteiger partial charge in [0.1, 0.15) is 12.2 Å². The summed E-state index contributed by atoms with van der Waals surface area (Å²) in [7, 11) is -0.111. The van der Waals surface area contributed by atoms with Gasteiger partial charge in [0, 0.05) is 7.11 Å². The van der Waals surface area contributed by atoms with Gasteiger partial charge in [-0.25, -0.2) is 0 Å². The van der Waals surface area contributed by atoms with Crippen molar-refractivity contribution in [3.8, 4) is 0 Å². The Hall–Kier alpha value is -0.533. The molecule has 4 atom stereocenters. The molecule has 5 nitrogen and oxygen atoms in total. The van der Waals surface area contributed by atoms with Crippen molar-refractivity contribution in [2.24, 2.45) is 0 Å². The Balaban J connectivity index is 2.03. The zero-order valence-corrected chi connectivity index (χ0v) is 13.9. The summed E-state index contributed by atoms with van der Waals surface area (Å²) in [4.78, 5) is 12.4. The molecule has 6 heteroatoms. The van der Waals surface area contributed by atoms with Gasteiger partial charge in [-0.1, -0.05) is 19.6 Å². The molecule has 1 unspecified atom stereocenters.